The van der Waals surface area contributed by atoms with Crippen molar-refractivity contribution in [3.05, 3.63) is 35.9 Å². The SMILES string of the molecule is O=C(CCCCl)N1CCSC(c2ccccc2)CC1. The van der Waals surface area contributed by atoms with Crippen LogP contribution in [-0.2, 0) is 4.79 Å². The molecule has 1 atom stereocenters. The number of hydrogen-bond donors (Lipinski definition) is 0. The third-order valence-electron chi connectivity index (χ3n) is 3.39. The van der Waals surface area contributed by atoms with Crippen LogP contribution in [-0.4, -0.2) is 35.5 Å². The molecule has 1 aliphatic heterocycles. The van der Waals surface area contributed by atoms with Crippen molar-refractivity contribution in [3.63, 3.8) is 0 Å². The molecule has 1 amide bonds. The van der Waals surface area contributed by atoms with Gasteiger partial charge in [-0.3, -0.25) is 4.79 Å². The first kappa shape index (κ1) is 14.7. The summed E-state index contributed by atoms with van der Waals surface area (Å²) < 4.78 is 0. The maximum atomic E-state index is 12.0. The molecule has 19 heavy (non-hydrogen) atoms. The molecule has 1 fully saturated rings. The molecule has 1 aromatic rings. The molecule has 2 rings (SSSR count). The Morgan fingerprint density at radius 3 is 2.84 bits per heavy atom. The molecular weight excluding hydrogens is 278 g/mol. The van der Waals surface area contributed by atoms with E-state index < -0.39 is 0 Å². The first-order valence-corrected chi connectivity index (χ1v) is 8.40. The monoisotopic (exact) mass is 297 g/mol. The van der Waals surface area contributed by atoms with Gasteiger partial charge in [-0.15, -0.1) is 11.6 Å². The quantitative estimate of drug-likeness (QED) is 0.790. The van der Waals surface area contributed by atoms with Crippen LogP contribution in [0.2, 0.25) is 0 Å². The van der Waals surface area contributed by atoms with Gasteiger partial charge in [-0.05, 0) is 18.4 Å². The minimum Gasteiger partial charge on any atom is -0.342 e. The first-order chi connectivity index (χ1) is 9.31. The van der Waals surface area contributed by atoms with Crippen LogP contribution in [0.1, 0.15) is 30.1 Å². The highest BCUT2D eigenvalue weighted by molar-refractivity contribution is 7.99. The molecule has 2 nitrogen and oxygen atoms in total. The van der Waals surface area contributed by atoms with Gasteiger partial charge in [-0.25, -0.2) is 0 Å². The van der Waals surface area contributed by atoms with Crippen LogP contribution in [0.4, 0.5) is 0 Å². The van der Waals surface area contributed by atoms with E-state index in [4.69, 9.17) is 11.6 Å². The number of thioether (sulfide) groups is 1. The fourth-order valence-electron chi connectivity index (χ4n) is 2.33. The van der Waals surface area contributed by atoms with E-state index in [0.29, 0.717) is 17.6 Å². The highest BCUT2D eigenvalue weighted by Crippen LogP contribution is 2.34. The maximum absolute atomic E-state index is 12.0. The molecule has 4 heteroatoms. The van der Waals surface area contributed by atoms with E-state index >= 15 is 0 Å². The molecule has 1 saturated heterocycles. The van der Waals surface area contributed by atoms with Crippen LogP contribution in [0, 0.1) is 0 Å². The van der Waals surface area contributed by atoms with Gasteiger partial charge in [-0.1, -0.05) is 30.3 Å². The summed E-state index contributed by atoms with van der Waals surface area (Å²) in [5, 5.41) is 0.520. The molecule has 0 saturated carbocycles. The zero-order chi connectivity index (χ0) is 13.5. The van der Waals surface area contributed by atoms with Crippen molar-refractivity contribution >= 4 is 29.3 Å². The first-order valence-electron chi connectivity index (χ1n) is 6.81. The molecule has 0 aromatic heterocycles. The summed E-state index contributed by atoms with van der Waals surface area (Å²) in [5.74, 6) is 1.85. The van der Waals surface area contributed by atoms with Crippen molar-refractivity contribution in [3.8, 4) is 0 Å². The second kappa shape index (κ2) is 7.81. The summed E-state index contributed by atoms with van der Waals surface area (Å²) in [6.07, 6.45) is 2.41. The maximum Gasteiger partial charge on any atom is 0.222 e. The Hall–Kier alpha value is -0.670. The lowest BCUT2D eigenvalue weighted by molar-refractivity contribution is -0.130. The van der Waals surface area contributed by atoms with Gasteiger partial charge >= 0.3 is 0 Å². The van der Waals surface area contributed by atoms with E-state index in [1.807, 2.05) is 22.7 Å². The van der Waals surface area contributed by atoms with E-state index in [-0.39, 0.29) is 5.91 Å². The van der Waals surface area contributed by atoms with E-state index in [1.165, 1.54) is 5.56 Å². The number of halogens is 1. The predicted octanol–water partition coefficient (Wildman–Crippen LogP) is 3.71. The van der Waals surface area contributed by atoms with Crippen LogP contribution < -0.4 is 0 Å². The lowest BCUT2D eigenvalue weighted by atomic mass is 10.1. The Morgan fingerprint density at radius 2 is 2.11 bits per heavy atom. The summed E-state index contributed by atoms with van der Waals surface area (Å²) >= 11 is 7.61. The Labute approximate surface area is 124 Å². The smallest absolute Gasteiger partial charge is 0.222 e. The van der Waals surface area contributed by atoms with Crippen molar-refractivity contribution in [2.45, 2.75) is 24.5 Å². The average molecular weight is 298 g/mol. The van der Waals surface area contributed by atoms with E-state index in [2.05, 4.69) is 24.3 Å². The van der Waals surface area contributed by atoms with Crippen molar-refractivity contribution < 1.29 is 4.79 Å². The molecule has 1 heterocycles. The van der Waals surface area contributed by atoms with Crippen LogP contribution >= 0.6 is 23.4 Å². The normalized spacial score (nSPS) is 20.1. The van der Waals surface area contributed by atoms with Gasteiger partial charge < -0.3 is 4.90 Å². The van der Waals surface area contributed by atoms with Crippen molar-refractivity contribution in [1.29, 1.82) is 0 Å². The number of carbonyl (C=O) groups is 1. The zero-order valence-electron chi connectivity index (χ0n) is 11.1. The van der Waals surface area contributed by atoms with E-state index in [9.17, 15) is 4.79 Å². The number of nitrogens with zero attached hydrogens (tertiary/aromatic N) is 1. The van der Waals surface area contributed by atoms with Gasteiger partial charge in [0.1, 0.15) is 0 Å². The molecule has 0 aliphatic carbocycles. The molecule has 0 bridgehead atoms. The number of alkyl halides is 1. The van der Waals surface area contributed by atoms with Gasteiger partial charge in [0.2, 0.25) is 5.91 Å². The third kappa shape index (κ3) is 4.43. The molecular formula is C15H20ClNOS. The van der Waals surface area contributed by atoms with E-state index in [1.54, 1.807) is 0 Å². The number of amides is 1. The average Bonchev–Trinajstić information content (AvgIpc) is 2.71. The topological polar surface area (TPSA) is 20.3 Å². The number of rotatable bonds is 4. The second-order valence-electron chi connectivity index (χ2n) is 4.73. The Morgan fingerprint density at radius 1 is 1.32 bits per heavy atom. The minimum absolute atomic E-state index is 0.259. The van der Waals surface area contributed by atoms with Gasteiger partial charge in [0.15, 0.2) is 0 Å². The predicted molar refractivity (Wildman–Crippen MR) is 82.8 cm³/mol. The summed E-state index contributed by atoms with van der Waals surface area (Å²) in [4.78, 5) is 14.0. The lowest BCUT2D eigenvalue weighted by Gasteiger charge is -2.20. The van der Waals surface area contributed by atoms with Crippen molar-refractivity contribution in [1.82, 2.24) is 4.90 Å². The Balaban J connectivity index is 1.89. The third-order valence-corrected chi connectivity index (χ3v) is 4.99. The Bertz CT molecular complexity index is 398. The van der Waals surface area contributed by atoms with Crippen molar-refractivity contribution in [2.24, 2.45) is 0 Å². The summed E-state index contributed by atoms with van der Waals surface area (Å²) in [6.45, 7) is 1.74. The van der Waals surface area contributed by atoms with Crippen LogP contribution in [0.5, 0.6) is 0 Å². The molecule has 1 aliphatic rings. The summed E-state index contributed by atoms with van der Waals surface area (Å²) in [6, 6.07) is 10.6. The summed E-state index contributed by atoms with van der Waals surface area (Å²) in [7, 11) is 0. The number of carbonyl (C=O) groups excluding carboxylic acids is 1. The zero-order valence-corrected chi connectivity index (χ0v) is 12.6. The minimum atomic E-state index is 0.259. The molecule has 0 N–H and O–H groups in total. The number of benzene rings is 1. The molecule has 1 aromatic carbocycles. The van der Waals surface area contributed by atoms with Gasteiger partial charge in [0.05, 0.1) is 0 Å². The van der Waals surface area contributed by atoms with Gasteiger partial charge in [0.25, 0.3) is 0 Å². The van der Waals surface area contributed by atoms with Crippen LogP contribution in [0.3, 0.4) is 0 Å². The molecule has 104 valence electrons. The largest absolute Gasteiger partial charge is 0.342 e. The summed E-state index contributed by atoms with van der Waals surface area (Å²) in [5.41, 5.74) is 1.38. The highest BCUT2D eigenvalue weighted by atomic mass is 35.5. The van der Waals surface area contributed by atoms with Crippen LogP contribution in [0.25, 0.3) is 0 Å². The lowest BCUT2D eigenvalue weighted by Crippen LogP contribution is -2.32. The second-order valence-corrected chi connectivity index (χ2v) is 6.42. The van der Waals surface area contributed by atoms with Crippen molar-refractivity contribution in [2.75, 3.05) is 24.7 Å². The van der Waals surface area contributed by atoms with Gasteiger partial charge in [-0.2, -0.15) is 11.8 Å². The van der Waals surface area contributed by atoms with Crippen LogP contribution in [0.15, 0.2) is 30.3 Å². The molecule has 0 spiro atoms. The van der Waals surface area contributed by atoms with Gasteiger partial charge in [0, 0.05) is 36.4 Å². The Kier molecular flexibility index (Phi) is 6.05. The molecule has 1 unspecified atom stereocenters. The highest BCUT2D eigenvalue weighted by Gasteiger charge is 2.21. The fraction of sp³-hybridized carbons (Fsp3) is 0.533. The van der Waals surface area contributed by atoms with E-state index in [0.717, 1.165) is 31.7 Å². The molecule has 0 radical (unpaired) electrons. The standard InChI is InChI=1S/C15H20ClNOS/c16-9-4-7-15(18)17-10-8-14(19-12-11-17)13-5-2-1-3-6-13/h1-3,5-6,14H,4,7-12H2. The fourth-order valence-corrected chi connectivity index (χ4v) is 3.70. The number of hydrogen-bond acceptors (Lipinski definition) is 2.